The Balaban J connectivity index is 2.07. The van der Waals surface area contributed by atoms with Gasteiger partial charge in [0.05, 0.1) is 0 Å². The van der Waals surface area contributed by atoms with Gasteiger partial charge in [-0.15, -0.1) is 11.8 Å². The molecular weight excluding hydrogens is 210 g/mol. The van der Waals surface area contributed by atoms with Gasteiger partial charge in [-0.25, -0.2) is 0 Å². The van der Waals surface area contributed by atoms with Crippen molar-refractivity contribution in [3.63, 3.8) is 0 Å². The number of carbonyl (C=O) groups excluding carboxylic acids is 1. The number of hydrogen-bond acceptors (Lipinski definition) is 2. The zero-order valence-electron chi connectivity index (χ0n) is 10.3. The first-order valence-corrected chi connectivity index (χ1v) is 5.99. The largest absolute Gasteiger partial charge is 0.312 e. The lowest BCUT2D eigenvalue weighted by Crippen LogP contribution is -2.17. The Morgan fingerprint density at radius 1 is 1.24 bits per heavy atom. The van der Waals surface area contributed by atoms with Crippen LogP contribution in [0.2, 0.25) is 0 Å². The van der Waals surface area contributed by atoms with Crippen LogP contribution in [0.5, 0.6) is 0 Å². The average Bonchev–Trinajstić information content (AvgIpc) is 2.36. The number of hydrogen-bond donors (Lipinski definition) is 1. The molecule has 0 atom stereocenters. The van der Waals surface area contributed by atoms with Crippen molar-refractivity contribution in [3.8, 4) is 11.8 Å². The summed E-state index contributed by atoms with van der Waals surface area (Å²) in [5, 5.41) is 3.27. The van der Waals surface area contributed by atoms with Gasteiger partial charge < -0.3 is 5.32 Å². The van der Waals surface area contributed by atoms with E-state index >= 15 is 0 Å². The average molecular weight is 229 g/mol. The van der Waals surface area contributed by atoms with E-state index in [0.29, 0.717) is 19.3 Å². The fourth-order valence-corrected chi connectivity index (χ4v) is 1.51. The van der Waals surface area contributed by atoms with Gasteiger partial charge in [0.1, 0.15) is 5.78 Å². The summed E-state index contributed by atoms with van der Waals surface area (Å²) < 4.78 is 0. The van der Waals surface area contributed by atoms with Crippen molar-refractivity contribution in [2.75, 3.05) is 6.54 Å². The molecule has 0 spiro atoms. The van der Waals surface area contributed by atoms with E-state index in [4.69, 9.17) is 0 Å². The predicted molar refractivity (Wildman–Crippen MR) is 70.5 cm³/mol. The third kappa shape index (κ3) is 6.55. The predicted octanol–water partition coefficient (Wildman–Crippen LogP) is 2.54. The van der Waals surface area contributed by atoms with Crippen molar-refractivity contribution in [2.24, 2.45) is 0 Å². The molecule has 1 rings (SSSR count). The smallest absolute Gasteiger partial charge is 0.135 e. The molecule has 0 unspecified atom stereocenters. The molecular formula is C15H19NO. The molecule has 0 bridgehead atoms. The highest BCUT2D eigenvalue weighted by Gasteiger charge is 1.99. The molecule has 0 radical (unpaired) electrons. The standard InChI is InChI=1S/C15H19NO/c1-2-3-5-10-15(17)11-12-16-13-14-8-6-4-7-9-14/h4,6-9,16H,5,10-13H2,1H3. The summed E-state index contributed by atoms with van der Waals surface area (Å²) in [4.78, 5) is 11.4. The molecule has 90 valence electrons. The van der Waals surface area contributed by atoms with E-state index < -0.39 is 0 Å². The molecule has 0 fully saturated rings. The van der Waals surface area contributed by atoms with E-state index in [2.05, 4.69) is 29.3 Å². The van der Waals surface area contributed by atoms with Crippen molar-refractivity contribution in [1.29, 1.82) is 0 Å². The van der Waals surface area contributed by atoms with Crippen LogP contribution in [0.1, 0.15) is 31.7 Å². The number of rotatable bonds is 7. The van der Waals surface area contributed by atoms with Crippen LogP contribution in [0.3, 0.4) is 0 Å². The van der Waals surface area contributed by atoms with E-state index in [0.717, 1.165) is 13.1 Å². The minimum atomic E-state index is 0.285. The molecule has 0 amide bonds. The molecule has 0 aliphatic rings. The van der Waals surface area contributed by atoms with Crippen LogP contribution in [-0.4, -0.2) is 12.3 Å². The third-order valence-electron chi connectivity index (χ3n) is 2.46. The van der Waals surface area contributed by atoms with E-state index in [1.165, 1.54) is 5.56 Å². The lowest BCUT2D eigenvalue weighted by molar-refractivity contribution is -0.118. The molecule has 2 nitrogen and oxygen atoms in total. The lowest BCUT2D eigenvalue weighted by atomic mass is 10.1. The normalized spacial score (nSPS) is 9.47. The second kappa shape index (κ2) is 8.55. The fourth-order valence-electron chi connectivity index (χ4n) is 1.51. The van der Waals surface area contributed by atoms with E-state index in [-0.39, 0.29) is 5.78 Å². The van der Waals surface area contributed by atoms with Gasteiger partial charge in [0, 0.05) is 32.4 Å². The second-order valence-corrected chi connectivity index (χ2v) is 3.88. The van der Waals surface area contributed by atoms with Crippen LogP contribution in [0.15, 0.2) is 30.3 Å². The maximum absolute atomic E-state index is 11.4. The van der Waals surface area contributed by atoms with Crippen molar-refractivity contribution in [3.05, 3.63) is 35.9 Å². The van der Waals surface area contributed by atoms with Crippen LogP contribution in [0.4, 0.5) is 0 Å². The topological polar surface area (TPSA) is 29.1 Å². The maximum Gasteiger partial charge on any atom is 0.135 e. The summed E-state index contributed by atoms with van der Waals surface area (Å²) in [6, 6.07) is 10.2. The van der Waals surface area contributed by atoms with E-state index in [1.807, 2.05) is 18.2 Å². The van der Waals surface area contributed by atoms with Gasteiger partial charge in [-0.05, 0) is 12.5 Å². The Kier molecular flexibility index (Phi) is 6.78. The van der Waals surface area contributed by atoms with Crippen LogP contribution in [0, 0.1) is 11.8 Å². The van der Waals surface area contributed by atoms with Gasteiger partial charge in [-0.2, -0.15) is 0 Å². The second-order valence-electron chi connectivity index (χ2n) is 3.88. The van der Waals surface area contributed by atoms with Gasteiger partial charge in [-0.3, -0.25) is 4.79 Å². The van der Waals surface area contributed by atoms with Gasteiger partial charge in [-0.1, -0.05) is 30.3 Å². The molecule has 0 aromatic heterocycles. The van der Waals surface area contributed by atoms with E-state index in [9.17, 15) is 4.79 Å². The minimum absolute atomic E-state index is 0.285. The van der Waals surface area contributed by atoms with Crippen LogP contribution in [-0.2, 0) is 11.3 Å². The van der Waals surface area contributed by atoms with Gasteiger partial charge >= 0.3 is 0 Å². The van der Waals surface area contributed by atoms with Gasteiger partial charge in [0.25, 0.3) is 0 Å². The van der Waals surface area contributed by atoms with Crippen molar-refractivity contribution < 1.29 is 4.79 Å². The quantitative estimate of drug-likeness (QED) is 0.575. The first-order chi connectivity index (χ1) is 8.33. The minimum Gasteiger partial charge on any atom is -0.312 e. The first-order valence-electron chi connectivity index (χ1n) is 5.99. The maximum atomic E-state index is 11.4. The Hall–Kier alpha value is -1.59. The highest BCUT2D eigenvalue weighted by atomic mass is 16.1. The van der Waals surface area contributed by atoms with Gasteiger partial charge in [0.15, 0.2) is 0 Å². The molecule has 1 aromatic rings. The summed E-state index contributed by atoms with van der Waals surface area (Å²) in [6.45, 7) is 3.36. The Labute approximate surface area is 103 Å². The number of nitrogens with one attached hydrogen (secondary N) is 1. The molecule has 1 aromatic carbocycles. The highest BCUT2D eigenvalue weighted by Crippen LogP contribution is 1.98. The molecule has 0 saturated carbocycles. The summed E-state index contributed by atoms with van der Waals surface area (Å²) in [5.74, 6) is 5.98. The molecule has 17 heavy (non-hydrogen) atoms. The van der Waals surface area contributed by atoms with Crippen molar-refractivity contribution in [1.82, 2.24) is 5.32 Å². The number of carbonyl (C=O) groups is 1. The van der Waals surface area contributed by atoms with Crippen LogP contribution < -0.4 is 5.32 Å². The number of benzene rings is 1. The molecule has 0 aliphatic heterocycles. The SMILES string of the molecule is CC#CCCC(=O)CCNCc1ccccc1. The summed E-state index contributed by atoms with van der Waals surface area (Å²) >= 11 is 0. The molecule has 0 heterocycles. The monoisotopic (exact) mass is 229 g/mol. The Morgan fingerprint density at radius 3 is 2.71 bits per heavy atom. The zero-order valence-corrected chi connectivity index (χ0v) is 10.3. The highest BCUT2D eigenvalue weighted by molar-refractivity contribution is 5.78. The van der Waals surface area contributed by atoms with Gasteiger partial charge in [0.2, 0.25) is 0 Å². The van der Waals surface area contributed by atoms with E-state index in [1.54, 1.807) is 6.92 Å². The van der Waals surface area contributed by atoms with Crippen LogP contribution in [0.25, 0.3) is 0 Å². The molecule has 1 N–H and O–H groups in total. The Morgan fingerprint density at radius 2 is 2.00 bits per heavy atom. The molecule has 0 aliphatic carbocycles. The number of ketones is 1. The molecule has 2 heteroatoms. The van der Waals surface area contributed by atoms with Crippen LogP contribution >= 0.6 is 0 Å². The fraction of sp³-hybridized carbons (Fsp3) is 0.400. The van der Waals surface area contributed by atoms with Crippen molar-refractivity contribution in [2.45, 2.75) is 32.7 Å². The number of Topliss-reactive ketones (excluding diaryl/α,β-unsaturated/α-hetero) is 1. The summed E-state index contributed by atoms with van der Waals surface area (Å²) in [6.07, 6.45) is 1.86. The summed E-state index contributed by atoms with van der Waals surface area (Å²) in [7, 11) is 0. The lowest BCUT2D eigenvalue weighted by Gasteiger charge is -2.03. The summed E-state index contributed by atoms with van der Waals surface area (Å²) in [5.41, 5.74) is 1.25. The zero-order chi connectivity index (χ0) is 12.3. The van der Waals surface area contributed by atoms with Crippen molar-refractivity contribution >= 4 is 5.78 Å². The third-order valence-corrected chi connectivity index (χ3v) is 2.46. The first kappa shape index (κ1) is 13.5. The Bertz CT molecular complexity index is 386. The molecule has 0 saturated heterocycles.